The zero-order chi connectivity index (χ0) is 31.5. The maximum Gasteiger partial charge on any atom is 0.498 e. The molecule has 1 heterocycles. The highest BCUT2D eigenvalue weighted by atomic mass is 79.9. The Labute approximate surface area is 264 Å². The molecule has 1 saturated heterocycles. The number of rotatable bonds is 8. The first-order chi connectivity index (χ1) is 19.8. The van der Waals surface area contributed by atoms with E-state index in [1.807, 2.05) is 52.0 Å². The van der Waals surface area contributed by atoms with Crippen molar-refractivity contribution in [2.45, 2.75) is 38.9 Å². The van der Waals surface area contributed by atoms with Gasteiger partial charge in [0.25, 0.3) is 0 Å². The quantitative estimate of drug-likeness (QED) is 0.156. The highest BCUT2D eigenvalue weighted by molar-refractivity contribution is 9.10. The fourth-order valence-electron chi connectivity index (χ4n) is 3.53. The van der Waals surface area contributed by atoms with Gasteiger partial charge in [-0.2, -0.15) is 0 Å². The van der Waals surface area contributed by atoms with Crippen LogP contribution in [0.3, 0.4) is 0 Å². The van der Waals surface area contributed by atoms with Gasteiger partial charge in [0.1, 0.15) is 17.2 Å². The first-order valence-electron chi connectivity index (χ1n) is 12.7. The van der Waals surface area contributed by atoms with E-state index in [0.29, 0.717) is 41.4 Å². The van der Waals surface area contributed by atoms with E-state index in [2.05, 4.69) is 42.5 Å². The van der Waals surface area contributed by atoms with Crippen molar-refractivity contribution in [3.63, 3.8) is 0 Å². The van der Waals surface area contributed by atoms with Crippen molar-refractivity contribution in [1.29, 1.82) is 0 Å². The number of benzene rings is 3. The Kier molecular flexibility index (Phi) is 13.2. The molecule has 1 aliphatic rings. The summed E-state index contributed by atoms with van der Waals surface area (Å²) in [7, 11) is 4.28. The molecule has 3 aromatic rings. The molecule has 42 heavy (non-hydrogen) atoms. The third-order valence-corrected chi connectivity index (χ3v) is 7.83. The molecule has 0 aliphatic carbocycles. The number of nitrogens with two attached hydrogens (primary N) is 1. The van der Waals surface area contributed by atoms with Gasteiger partial charge < -0.3 is 39.9 Å². The van der Waals surface area contributed by atoms with Crippen molar-refractivity contribution in [3.05, 3.63) is 63.5 Å². The number of hydrogen-bond donors (Lipinski definition) is 3. The molecule has 0 aromatic heterocycles. The molecule has 0 spiro atoms. The van der Waals surface area contributed by atoms with Crippen LogP contribution in [0.25, 0.3) is 0 Å². The van der Waals surface area contributed by atoms with Gasteiger partial charge in [0.2, 0.25) is 12.8 Å². The highest BCUT2D eigenvalue weighted by Gasteiger charge is 2.52. The van der Waals surface area contributed by atoms with Gasteiger partial charge in [-0.15, -0.1) is 0 Å². The molecule has 0 bridgehead atoms. The maximum atomic E-state index is 10.5. The van der Waals surface area contributed by atoms with Crippen LogP contribution in [0, 0.1) is 0 Å². The summed E-state index contributed by atoms with van der Waals surface area (Å²) >= 11 is 6.61. The predicted octanol–water partition coefficient (Wildman–Crippen LogP) is 5.63. The minimum absolute atomic E-state index is 0.400. The first kappa shape index (κ1) is 34.9. The smallest absolute Gasteiger partial charge is 0.497 e. The Morgan fingerprint density at radius 1 is 0.714 bits per heavy atom. The molecule has 1 fully saturated rings. The fourth-order valence-corrected chi connectivity index (χ4v) is 4.34. The summed E-state index contributed by atoms with van der Waals surface area (Å²) in [4.78, 5) is 20.6. The summed E-state index contributed by atoms with van der Waals surface area (Å²) in [5.41, 5.74) is 7.59. The topological polar surface area (TPSA) is 130 Å². The summed E-state index contributed by atoms with van der Waals surface area (Å²) in [5.74, 6) is 2.08. The molecule has 1 aliphatic heterocycles. The number of methoxy groups -OCH3 is 3. The van der Waals surface area contributed by atoms with E-state index in [9.17, 15) is 9.59 Å². The van der Waals surface area contributed by atoms with Crippen molar-refractivity contribution in [3.8, 4) is 17.2 Å². The molecule has 0 radical (unpaired) electrons. The van der Waals surface area contributed by atoms with Crippen LogP contribution in [-0.4, -0.2) is 52.5 Å². The number of nitrogens with one attached hydrogen (secondary N) is 2. The molecule has 13 heteroatoms. The molecular weight excluding hydrogens is 673 g/mol. The van der Waals surface area contributed by atoms with Crippen LogP contribution in [0.1, 0.15) is 27.7 Å². The number of carbonyl (C=O) groups excluding carboxylic acids is 2. The van der Waals surface area contributed by atoms with Crippen LogP contribution in [-0.2, 0) is 18.9 Å². The van der Waals surface area contributed by atoms with Crippen LogP contribution in [0.15, 0.2) is 63.5 Å². The summed E-state index contributed by atoms with van der Waals surface area (Å²) in [6.07, 6.45) is 1.26. The molecule has 0 unspecified atom stereocenters. The number of ether oxygens (including phenoxy) is 3. The van der Waals surface area contributed by atoms with Gasteiger partial charge in [-0.1, -0.05) is 6.07 Å². The SMILES string of the molecule is COc1cc(N)ccc1Br.COc1cc(NC=O)ccc1B1OC(C)(C)C(C)(C)O1.COc1cc(NC=O)ccc1Br. The third-order valence-electron chi connectivity index (χ3n) is 6.52. The second kappa shape index (κ2) is 15.8. The minimum Gasteiger partial charge on any atom is -0.497 e. The van der Waals surface area contributed by atoms with Crippen molar-refractivity contribution in [1.82, 2.24) is 0 Å². The minimum atomic E-state index is -0.486. The van der Waals surface area contributed by atoms with Crippen LogP contribution in [0.5, 0.6) is 17.2 Å². The Hall–Kier alpha value is -3.26. The van der Waals surface area contributed by atoms with E-state index in [0.717, 1.165) is 20.2 Å². The Morgan fingerprint density at radius 2 is 1.14 bits per heavy atom. The molecule has 4 rings (SSSR count). The van der Waals surface area contributed by atoms with Gasteiger partial charge in [-0.05, 0) is 89.9 Å². The second-order valence-electron chi connectivity index (χ2n) is 9.81. The number of nitrogen functional groups attached to an aromatic ring is 1. The lowest BCUT2D eigenvalue weighted by molar-refractivity contribution is -0.106. The predicted molar refractivity (Wildman–Crippen MR) is 174 cm³/mol. The van der Waals surface area contributed by atoms with Crippen LogP contribution in [0.4, 0.5) is 17.1 Å². The van der Waals surface area contributed by atoms with Gasteiger partial charge in [0.15, 0.2) is 0 Å². The van der Waals surface area contributed by atoms with Crippen molar-refractivity contribution in [2.75, 3.05) is 37.7 Å². The van der Waals surface area contributed by atoms with E-state index in [-0.39, 0.29) is 0 Å². The molecule has 2 amide bonds. The van der Waals surface area contributed by atoms with E-state index >= 15 is 0 Å². The maximum absolute atomic E-state index is 10.5. The normalized spacial score (nSPS) is 14.3. The lowest BCUT2D eigenvalue weighted by Gasteiger charge is -2.32. The summed E-state index contributed by atoms with van der Waals surface area (Å²) in [5, 5.41) is 5.12. The molecule has 4 N–H and O–H groups in total. The first-order valence-corrected chi connectivity index (χ1v) is 14.3. The number of hydrogen-bond acceptors (Lipinski definition) is 8. The van der Waals surface area contributed by atoms with Crippen LogP contribution in [0.2, 0.25) is 0 Å². The highest BCUT2D eigenvalue weighted by Crippen LogP contribution is 2.37. The number of halogens is 2. The van der Waals surface area contributed by atoms with Crippen molar-refractivity contribution in [2.24, 2.45) is 0 Å². The molecule has 0 atom stereocenters. The molecule has 10 nitrogen and oxygen atoms in total. The molecule has 226 valence electrons. The van der Waals surface area contributed by atoms with Gasteiger partial charge in [-0.25, -0.2) is 0 Å². The second-order valence-corrected chi connectivity index (χ2v) is 11.5. The Balaban J connectivity index is 0.000000239. The number of amides is 2. The van der Waals surface area contributed by atoms with E-state index < -0.39 is 18.3 Å². The number of anilines is 3. The Bertz CT molecular complexity index is 1340. The summed E-state index contributed by atoms with van der Waals surface area (Å²) < 4.78 is 29.2. The summed E-state index contributed by atoms with van der Waals surface area (Å²) in [6.45, 7) is 8.01. The van der Waals surface area contributed by atoms with E-state index in [1.54, 1.807) is 51.7 Å². The van der Waals surface area contributed by atoms with Gasteiger partial charge in [0, 0.05) is 40.7 Å². The van der Waals surface area contributed by atoms with Crippen LogP contribution < -0.4 is 36.0 Å². The third kappa shape index (κ3) is 9.38. The Morgan fingerprint density at radius 3 is 1.60 bits per heavy atom. The number of carbonyl (C=O) groups is 2. The lowest BCUT2D eigenvalue weighted by atomic mass is 9.78. The monoisotopic (exact) mass is 707 g/mol. The van der Waals surface area contributed by atoms with E-state index in [4.69, 9.17) is 29.3 Å². The molecule has 0 saturated carbocycles. The molecular formula is C29H36BBr2N3O7. The van der Waals surface area contributed by atoms with E-state index in [1.165, 1.54) is 0 Å². The van der Waals surface area contributed by atoms with Crippen molar-refractivity contribution < 1.29 is 33.1 Å². The average Bonchev–Trinajstić information content (AvgIpc) is 3.18. The van der Waals surface area contributed by atoms with Gasteiger partial charge in [-0.3, -0.25) is 9.59 Å². The van der Waals surface area contributed by atoms with Crippen LogP contribution >= 0.6 is 31.9 Å². The largest absolute Gasteiger partial charge is 0.498 e. The average molecular weight is 709 g/mol. The lowest BCUT2D eigenvalue weighted by Crippen LogP contribution is -2.41. The zero-order valence-corrected chi connectivity index (χ0v) is 27.8. The standard InChI is InChI=1S/C14H20BNO4.C8H8BrNO2.C7H8BrNO/c1-13(2)14(3,4)20-15(19-13)11-7-6-10(16-9-17)8-12(11)18-5;1-12-8-4-6(10-5-11)2-3-7(8)9;1-10-7-4-5(9)2-3-6(7)8/h6-9H,1-5H3,(H,16,17);2-5H,1H3,(H,10,11);2-4H,9H2,1H3. The fraction of sp³-hybridized carbons (Fsp3) is 0.310. The zero-order valence-electron chi connectivity index (χ0n) is 24.6. The molecule has 3 aromatic carbocycles. The van der Waals surface area contributed by atoms with Gasteiger partial charge >= 0.3 is 7.12 Å². The van der Waals surface area contributed by atoms with Gasteiger partial charge in [0.05, 0.1) is 41.5 Å². The summed E-state index contributed by atoms with van der Waals surface area (Å²) in [6, 6.07) is 16.1. The van der Waals surface area contributed by atoms with Crippen molar-refractivity contribution >= 4 is 74.3 Å².